The zero-order chi connectivity index (χ0) is 10.6. The van der Waals surface area contributed by atoms with Gasteiger partial charge in [-0.25, -0.2) is 0 Å². The first-order valence-electron chi connectivity index (χ1n) is 4.49. The van der Waals surface area contributed by atoms with E-state index in [1.54, 1.807) is 0 Å². The molecule has 0 aromatic heterocycles. The van der Waals surface area contributed by atoms with Crippen molar-refractivity contribution in [1.82, 2.24) is 0 Å². The number of aryl methyl sites for hydroxylation is 1. The van der Waals surface area contributed by atoms with E-state index in [0.717, 1.165) is 23.2 Å². The molecule has 0 aliphatic rings. The number of anilines is 1. The fourth-order valence-electron chi connectivity index (χ4n) is 1.39. The minimum absolute atomic E-state index is 0.222. The summed E-state index contributed by atoms with van der Waals surface area (Å²) in [5, 5.41) is 11.6. The zero-order valence-corrected chi connectivity index (χ0v) is 8.90. The summed E-state index contributed by atoms with van der Waals surface area (Å²) in [6.07, 6.45) is 0.874. The topological polar surface area (TPSA) is 58.3 Å². The highest BCUT2D eigenvalue weighted by atomic mass is 32.1. The van der Waals surface area contributed by atoms with Gasteiger partial charge in [0.05, 0.1) is 0 Å². The van der Waals surface area contributed by atoms with Crippen LogP contribution in [0.25, 0.3) is 0 Å². The number of hydrogen-bond donors (Lipinski definition) is 3. The van der Waals surface area contributed by atoms with Gasteiger partial charge in [0.15, 0.2) is 0 Å². The van der Waals surface area contributed by atoms with Gasteiger partial charge in [-0.05, 0) is 29.8 Å². The molecule has 4 heteroatoms. The molecule has 0 unspecified atom stereocenters. The minimum Gasteiger partial charge on any atom is -0.486 e. The normalized spacial score (nSPS) is 9.86. The first kappa shape index (κ1) is 10.9. The van der Waals surface area contributed by atoms with E-state index in [4.69, 9.17) is 10.8 Å². The van der Waals surface area contributed by atoms with Crippen LogP contribution in [0, 0.1) is 0 Å². The molecule has 3 nitrogen and oxygen atoms in total. The third-order valence-electron chi connectivity index (χ3n) is 2.07. The van der Waals surface area contributed by atoms with Gasteiger partial charge in [-0.3, -0.25) is 0 Å². The van der Waals surface area contributed by atoms with Crippen molar-refractivity contribution in [3.05, 3.63) is 29.3 Å². The molecule has 0 atom stereocenters. The summed E-state index contributed by atoms with van der Waals surface area (Å²) >= 11 is 4.60. The third-order valence-corrected chi connectivity index (χ3v) is 2.17. The van der Waals surface area contributed by atoms with E-state index >= 15 is 0 Å². The molecule has 0 amide bonds. The fourth-order valence-corrected chi connectivity index (χ4v) is 1.49. The predicted molar refractivity (Wildman–Crippen MR) is 62.6 cm³/mol. The van der Waals surface area contributed by atoms with Crippen LogP contribution in [0.1, 0.15) is 18.1 Å². The van der Waals surface area contributed by atoms with Crippen LogP contribution in [-0.2, 0) is 13.0 Å². The molecule has 0 aliphatic heterocycles. The van der Waals surface area contributed by atoms with Crippen LogP contribution in [0.2, 0.25) is 0 Å². The smallest absolute Gasteiger partial charge is 0.258 e. The lowest BCUT2D eigenvalue weighted by molar-refractivity contribution is 0.567. The van der Waals surface area contributed by atoms with E-state index in [1.165, 1.54) is 0 Å². The number of aliphatic hydroxyl groups is 1. The molecule has 0 saturated carbocycles. The van der Waals surface area contributed by atoms with E-state index in [0.29, 0.717) is 6.54 Å². The van der Waals surface area contributed by atoms with Crippen molar-refractivity contribution >= 4 is 23.1 Å². The van der Waals surface area contributed by atoms with Crippen molar-refractivity contribution in [3.63, 3.8) is 0 Å². The molecule has 1 aromatic carbocycles. The molecule has 0 spiro atoms. The molecule has 1 aromatic rings. The van der Waals surface area contributed by atoms with Crippen LogP contribution in [0.4, 0.5) is 5.69 Å². The van der Waals surface area contributed by atoms with E-state index in [2.05, 4.69) is 17.5 Å². The Morgan fingerprint density at radius 3 is 2.64 bits per heavy atom. The van der Waals surface area contributed by atoms with Gasteiger partial charge in [-0.1, -0.05) is 25.1 Å². The molecule has 0 heterocycles. The number of nitrogens with one attached hydrogen (secondary N) is 1. The molecule has 0 fully saturated rings. The summed E-state index contributed by atoms with van der Waals surface area (Å²) in [4.78, 5) is 0. The molecule has 0 aliphatic carbocycles. The number of para-hydroxylation sites is 1. The summed E-state index contributed by atoms with van der Waals surface area (Å²) in [5.74, 6) is 0. The third kappa shape index (κ3) is 2.43. The maximum Gasteiger partial charge on any atom is 0.258 e. The average Bonchev–Trinajstić information content (AvgIpc) is 2.17. The van der Waals surface area contributed by atoms with Gasteiger partial charge in [0, 0.05) is 12.2 Å². The van der Waals surface area contributed by atoms with Crippen molar-refractivity contribution in [2.75, 3.05) is 5.32 Å². The van der Waals surface area contributed by atoms with Crippen LogP contribution in [0.3, 0.4) is 0 Å². The first-order valence-corrected chi connectivity index (χ1v) is 4.90. The van der Waals surface area contributed by atoms with Gasteiger partial charge >= 0.3 is 0 Å². The number of thiocarbonyl (C=S) groups is 1. The number of benzene rings is 1. The maximum atomic E-state index is 9.03. The Balaban J connectivity index is 3.12. The zero-order valence-electron chi connectivity index (χ0n) is 8.08. The standard InChI is InChI=1S/C10H14N2OS/c1-2-7-4-3-5-8(6-11)9(7)12-10(13)14/h3-5H,2,6,11H2,1H3,(H2,12,13,14). The minimum atomic E-state index is -0.222. The Hall–Kier alpha value is -1.13. The Morgan fingerprint density at radius 2 is 2.14 bits per heavy atom. The molecular formula is C10H14N2OS. The van der Waals surface area contributed by atoms with Gasteiger partial charge < -0.3 is 16.2 Å². The van der Waals surface area contributed by atoms with E-state index in [-0.39, 0.29) is 5.17 Å². The van der Waals surface area contributed by atoms with Crippen LogP contribution >= 0.6 is 12.2 Å². The second kappa shape index (κ2) is 4.93. The van der Waals surface area contributed by atoms with E-state index in [9.17, 15) is 0 Å². The molecule has 14 heavy (non-hydrogen) atoms. The number of nitrogens with two attached hydrogens (primary N) is 1. The average molecular weight is 210 g/mol. The summed E-state index contributed by atoms with van der Waals surface area (Å²) in [7, 11) is 0. The van der Waals surface area contributed by atoms with Crippen molar-refractivity contribution in [3.8, 4) is 0 Å². The van der Waals surface area contributed by atoms with Crippen LogP contribution in [0.15, 0.2) is 18.2 Å². The van der Waals surface area contributed by atoms with Crippen LogP contribution < -0.4 is 11.1 Å². The highest BCUT2D eigenvalue weighted by molar-refractivity contribution is 7.80. The molecule has 4 N–H and O–H groups in total. The Kier molecular flexibility index (Phi) is 3.85. The molecule has 1 rings (SSSR count). The van der Waals surface area contributed by atoms with E-state index < -0.39 is 0 Å². The Bertz CT molecular complexity index is 317. The predicted octanol–water partition coefficient (Wildman–Crippen LogP) is 1.96. The molecule has 0 bridgehead atoms. The highest BCUT2D eigenvalue weighted by Gasteiger charge is 2.06. The molecular weight excluding hydrogens is 196 g/mol. The largest absolute Gasteiger partial charge is 0.486 e. The Morgan fingerprint density at radius 1 is 1.50 bits per heavy atom. The Labute approximate surface area is 88.9 Å². The van der Waals surface area contributed by atoms with Crippen molar-refractivity contribution in [1.29, 1.82) is 0 Å². The van der Waals surface area contributed by atoms with Gasteiger partial charge in [-0.15, -0.1) is 0 Å². The van der Waals surface area contributed by atoms with Gasteiger partial charge in [0.1, 0.15) is 0 Å². The van der Waals surface area contributed by atoms with E-state index in [1.807, 2.05) is 25.1 Å². The maximum absolute atomic E-state index is 9.03. The summed E-state index contributed by atoms with van der Waals surface area (Å²) < 4.78 is 0. The van der Waals surface area contributed by atoms with Crippen LogP contribution in [0.5, 0.6) is 0 Å². The molecule has 76 valence electrons. The number of aliphatic hydroxyl groups excluding tert-OH is 1. The fraction of sp³-hybridized carbons (Fsp3) is 0.300. The van der Waals surface area contributed by atoms with Gasteiger partial charge in [0.2, 0.25) is 0 Å². The van der Waals surface area contributed by atoms with Crippen molar-refractivity contribution in [2.24, 2.45) is 5.73 Å². The van der Waals surface area contributed by atoms with Crippen molar-refractivity contribution in [2.45, 2.75) is 19.9 Å². The molecule has 0 saturated heterocycles. The summed E-state index contributed by atoms with van der Waals surface area (Å²) in [6.45, 7) is 2.47. The lowest BCUT2D eigenvalue weighted by Gasteiger charge is -2.12. The second-order valence-corrected chi connectivity index (χ2v) is 3.33. The molecule has 0 radical (unpaired) electrons. The van der Waals surface area contributed by atoms with Crippen molar-refractivity contribution < 1.29 is 5.11 Å². The number of hydrogen-bond acceptors (Lipinski definition) is 2. The lowest BCUT2D eigenvalue weighted by Crippen LogP contribution is -2.12. The quantitative estimate of drug-likeness (QED) is 0.667. The summed E-state index contributed by atoms with van der Waals surface area (Å²) in [5.41, 5.74) is 8.48. The number of rotatable bonds is 3. The van der Waals surface area contributed by atoms with Crippen LogP contribution in [-0.4, -0.2) is 10.3 Å². The first-order chi connectivity index (χ1) is 6.69. The second-order valence-electron chi connectivity index (χ2n) is 2.94. The monoisotopic (exact) mass is 210 g/mol. The van der Waals surface area contributed by atoms with Gasteiger partial charge in [-0.2, -0.15) is 0 Å². The summed E-state index contributed by atoms with van der Waals surface area (Å²) in [6, 6.07) is 5.85. The lowest BCUT2D eigenvalue weighted by atomic mass is 10.1. The highest BCUT2D eigenvalue weighted by Crippen LogP contribution is 2.21. The van der Waals surface area contributed by atoms with Gasteiger partial charge in [0.25, 0.3) is 5.17 Å². The SMILES string of the molecule is CCc1cccc(CN)c1NC(O)=S.